The number of nitrogens with zero attached hydrogens (tertiary/aromatic N) is 1. The summed E-state index contributed by atoms with van der Waals surface area (Å²) in [5.74, 6) is 0.381. The third-order valence-electron chi connectivity index (χ3n) is 5.07. The third kappa shape index (κ3) is 5.66. The molecule has 1 aromatic heterocycles. The predicted molar refractivity (Wildman–Crippen MR) is 106 cm³/mol. The lowest BCUT2D eigenvalue weighted by molar-refractivity contribution is -0.142. The summed E-state index contributed by atoms with van der Waals surface area (Å²) in [4.78, 5) is 16.5. The zero-order chi connectivity index (χ0) is 19.6. The fourth-order valence-electron chi connectivity index (χ4n) is 3.55. The molecule has 0 amide bonds. The summed E-state index contributed by atoms with van der Waals surface area (Å²) in [5.41, 5.74) is 1.10. The second kappa shape index (κ2) is 11.1. The van der Waals surface area contributed by atoms with Gasteiger partial charge in [0.25, 0.3) is 0 Å². The van der Waals surface area contributed by atoms with Crippen LogP contribution in [0.5, 0.6) is 0 Å². The fourth-order valence-corrected chi connectivity index (χ4v) is 3.55. The van der Waals surface area contributed by atoms with E-state index < -0.39 is 5.60 Å². The summed E-state index contributed by atoms with van der Waals surface area (Å²) in [6.07, 6.45) is 9.80. The largest absolute Gasteiger partial charge is 0.466 e. The molecule has 4 nitrogen and oxygen atoms in total. The first-order valence-electron chi connectivity index (χ1n) is 9.84. The van der Waals surface area contributed by atoms with E-state index in [0.717, 1.165) is 31.2 Å². The van der Waals surface area contributed by atoms with Gasteiger partial charge in [0.05, 0.1) is 19.3 Å². The van der Waals surface area contributed by atoms with Crippen molar-refractivity contribution < 1.29 is 14.3 Å². The monoisotopic (exact) mass is 361 g/mol. The number of esters is 1. The molecule has 0 saturated heterocycles. The first-order chi connectivity index (χ1) is 12.5. The van der Waals surface area contributed by atoms with Crippen molar-refractivity contribution in [2.24, 2.45) is 11.8 Å². The second-order valence-corrected chi connectivity index (χ2v) is 6.86. The van der Waals surface area contributed by atoms with E-state index in [4.69, 9.17) is 9.47 Å². The van der Waals surface area contributed by atoms with Crippen LogP contribution in [-0.2, 0) is 20.9 Å². The summed E-state index contributed by atoms with van der Waals surface area (Å²) < 4.78 is 11.5. The van der Waals surface area contributed by atoms with Gasteiger partial charge >= 0.3 is 5.97 Å². The summed E-state index contributed by atoms with van der Waals surface area (Å²) >= 11 is 0. The van der Waals surface area contributed by atoms with E-state index in [-0.39, 0.29) is 5.97 Å². The third-order valence-corrected chi connectivity index (χ3v) is 5.07. The van der Waals surface area contributed by atoms with Crippen molar-refractivity contribution in [1.29, 1.82) is 0 Å². The molecule has 0 fully saturated rings. The number of pyridine rings is 1. The Morgan fingerprint density at radius 2 is 1.92 bits per heavy atom. The minimum absolute atomic E-state index is 0.276. The predicted octanol–water partition coefficient (Wildman–Crippen LogP) is 5.33. The Bertz CT molecular complexity index is 570. The molecule has 0 aliphatic heterocycles. The van der Waals surface area contributed by atoms with Gasteiger partial charge in [-0.25, -0.2) is 4.79 Å². The molecule has 2 unspecified atom stereocenters. The average Bonchev–Trinajstić information content (AvgIpc) is 2.80. The van der Waals surface area contributed by atoms with Crippen LogP contribution in [0.25, 0.3) is 0 Å². The van der Waals surface area contributed by atoms with Crippen molar-refractivity contribution in [3.05, 3.63) is 41.7 Å². The van der Waals surface area contributed by atoms with Crippen LogP contribution in [0, 0.1) is 11.8 Å². The first kappa shape index (κ1) is 22.4. The van der Waals surface area contributed by atoms with Crippen LogP contribution in [0.2, 0.25) is 0 Å². The van der Waals surface area contributed by atoms with E-state index in [1.807, 2.05) is 32.1 Å². The number of rotatable bonds is 6. The van der Waals surface area contributed by atoms with Crippen molar-refractivity contribution >= 4 is 5.97 Å². The number of carbonyl (C=O) groups is 1. The van der Waals surface area contributed by atoms with Crippen molar-refractivity contribution in [2.75, 3.05) is 7.11 Å². The number of ether oxygens (including phenoxy) is 2. The van der Waals surface area contributed by atoms with E-state index >= 15 is 0 Å². The van der Waals surface area contributed by atoms with Crippen molar-refractivity contribution in [3.8, 4) is 0 Å². The Morgan fingerprint density at radius 3 is 2.50 bits per heavy atom. The van der Waals surface area contributed by atoms with E-state index in [1.54, 1.807) is 12.4 Å². The number of carbonyl (C=O) groups excluding carboxylic acids is 1. The van der Waals surface area contributed by atoms with Gasteiger partial charge in [0.1, 0.15) is 5.60 Å². The van der Waals surface area contributed by atoms with Crippen molar-refractivity contribution in [2.45, 2.75) is 72.5 Å². The SMILES string of the molecule is CC.CCCC1CCC(C)C=C(C(=O)OC)[C@@]1(C)OCc1ccncc1. The molecule has 1 aliphatic carbocycles. The Kier molecular flexibility index (Phi) is 9.57. The van der Waals surface area contributed by atoms with Crippen LogP contribution in [0.4, 0.5) is 0 Å². The highest BCUT2D eigenvalue weighted by Gasteiger charge is 2.43. The molecular formula is C22H35NO3. The lowest BCUT2D eigenvalue weighted by atomic mass is 9.78. The molecule has 0 spiro atoms. The molecule has 0 bridgehead atoms. The quantitative estimate of drug-likeness (QED) is 0.643. The molecule has 26 heavy (non-hydrogen) atoms. The molecule has 1 aliphatic rings. The van der Waals surface area contributed by atoms with Gasteiger partial charge in [0.2, 0.25) is 0 Å². The zero-order valence-electron chi connectivity index (χ0n) is 17.2. The van der Waals surface area contributed by atoms with Crippen LogP contribution < -0.4 is 0 Å². The smallest absolute Gasteiger partial charge is 0.336 e. The molecule has 146 valence electrons. The van der Waals surface area contributed by atoms with Gasteiger partial charge < -0.3 is 9.47 Å². The van der Waals surface area contributed by atoms with Gasteiger partial charge in [-0.05, 0) is 55.7 Å². The van der Waals surface area contributed by atoms with E-state index in [1.165, 1.54) is 7.11 Å². The highest BCUT2D eigenvalue weighted by molar-refractivity contribution is 5.90. The van der Waals surface area contributed by atoms with Crippen LogP contribution >= 0.6 is 0 Å². The number of hydrogen-bond donors (Lipinski definition) is 0. The standard InChI is InChI=1S/C20H29NO3.C2H6/c1-5-6-17-8-7-15(2)13-18(19(22)23-4)20(17,3)24-14-16-9-11-21-12-10-16;1-2/h9-13,15,17H,5-8,14H2,1-4H3;1-2H3/t15?,17?,20-;/m0./s1. The summed E-state index contributed by atoms with van der Waals surface area (Å²) in [6, 6.07) is 3.89. The van der Waals surface area contributed by atoms with Crippen LogP contribution in [-0.4, -0.2) is 23.7 Å². The lowest BCUT2D eigenvalue weighted by Crippen LogP contribution is -2.42. The molecule has 0 aromatic carbocycles. The Labute approximate surface area is 159 Å². The van der Waals surface area contributed by atoms with Crippen LogP contribution in [0.1, 0.15) is 65.9 Å². The molecule has 3 atom stereocenters. The number of methoxy groups -OCH3 is 1. The molecule has 2 rings (SSSR count). The zero-order valence-corrected chi connectivity index (χ0v) is 17.2. The fraction of sp³-hybridized carbons (Fsp3) is 0.636. The van der Waals surface area contributed by atoms with E-state index in [0.29, 0.717) is 24.0 Å². The molecule has 4 heteroatoms. The van der Waals surface area contributed by atoms with Crippen molar-refractivity contribution in [3.63, 3.8) is 0 Å². The second-order valence-electron chi connectivity index (χ2n) is 6.86. The lowest BCUT2D eigenvalue weighted by Gasteiger charge is -2.38. The van der Waals surface area contributed by atoms with Crippen LogP contribution in [0.3, 0.4) is 0 Å². The number of allylic oxidation sites excluding steroid dienone is 1. The van der Waals surface area contributed by atoms with Crippen LogP contribution in [0.15, 0.2) is 36.2 Å². The summed E-state index contributed by atoms with van der Waals surface area (Å²) in [5, 5.41) is 0. The minimum atomic E-state index is -0.628. The maximum absolute atomic E-state index is 12.5. The molecule has 1 aromatic rings. The Balaban J connectivity index is 0.00000163. The van der Waals surface area contributed by atoms with E-state index in [9.17, 15) is 4.79 Å². The van der Waals surface area contributed by atoms with E-state index in [2.05, 4.69) is 25.8 Å². The molecule has 0 N–H and O–H groups in total. The summed E-state index contributed by atoms with van der Waals surface area (Å²) in [7, 11) is 1.44. The number of aromatic nitrogens is 1. The first-order valence-corrected chi connectivity index (χ1v) is 9.84. The Hall–Kier alpha value is -1.68. The topological polar surface area (TPSA) is 48.4 Å². The summed E-state index contributed by atoms with van der Waals surface area (Å²) in [6.45, 7) is 10.8. The molecular weight excluding hydrogens is 326 g/mol. The highest BCUT2D eigenvalue weighted by atomic mass is 16.5. The average molecular weight is 362 g/mol. The Morgan fingerprint density at radius 1 is 1.27 bits per heavy atom. The van der Waals surface area contributed by atoms with Gasteiger partial charge in [-0.2, -0.15) is 0 Å². The molecule has 0 saturated carbocycles. The minimum Gasteiger partial charge on any atom is -0.466 e. The van der Waals surface area contributed by atoms with Gasteiger partial charge in [0.15, 0.2) is 0 Å². The maximum Gasteiger partial charge on any atom is 0.336 e. The van der Waals surface area contributed by atoms with Gasteiger partial charge in [-0.15, -0.1) is 0 Å². The molecule has 1 heterocycles. The normalized spacial score (nSPS) is 25.4. The number of hydrogen-bond acceptors (Lipinski definition) is 4. The van der Waals surface area contributed by atoms with Gasteiger partial charge in [0, 0.05) is 12.4 Å². The maximum atomic E-state index is 12.5. The highest BCUT2D eigenvalue weighted by Crippen LogP contribution is 2.41. The van der Waals surface area contributed by atoms with Gasteiger partial charge in [-0.1, -0.05) is 40.2 Å². The molecule has 0 radical (unpaired) electrons. The van der Waals surface area contributed by atoms with Crippen molar-refractivity contribution in [1.82, 2.24) is 4.98 Å². The van der Waals surface area contributed by atoms with Gasteiger partial charge in [-0.3, -0.25) is 4.98 Å².